The van der Waals surface area contributed by atoms with Crippen molar-refractivity contribution in [3.63, 3.8) is 0 Å². The zero-order valence-corrected chi connectivity index (χ0v) is 22.3. The van der Waals surface area contributed by atoms with Crippen LogP contribution in [0, 0.1) is 29.3 Å². The molecule has 13 heteroatoms. The molecule has 2 aromatic carbocycles. The number of pyridine rings is 1. The summed E-state index contributed by atoms with van der Waals surface area (Å²) in [5.74, 6) is -5.10. The number of nitrogens with zero attached hydrogens (tertiary/aromatic N) is 1. The number of rotatable bonds is 6. The number of carbonyl (C=O) groups excluding carboxylic acids is 1. The number of aliphatic hydroxyl groups is 2. The van der Waals surface area contributed by atoms with E-state index in [9.17, 15) is 41.8 Å². The summed E-state index contributed by atoms with van der Waals surface area (Å²) in [4.78, 5) is 12.5. The highest BCUT2D eigenvalue weighted by Gasteiger charge is 2.61. The van der Waals surface area contributed by atoms with Gasteiger partial charge in [-0.25, -0.2) is 21.6 Å². The van der Waals surface area contributed by atoms with Crippen LogP contribution >= 0.6 is 11.6 Å². The summed E-state index contributed by atoms with van der Waals surface area (Å²) in [5, 5.41) is 34.0. The molecule has 212 valence electrons. The number of sulfone groups is 1. The number of aromatic nitrogens is 1. The first-order valence-electron chi connectivity index (χ1n) is 12.4. The van der Waals surface area contributed by atoms with Crippen molar-refractivity contribution in [2.45, 2.75) is 47.5 Å². The van der Waals surface area contributed by atoms with E-state index in [1.165, 1.54) is 12.1 Å². The Morgan fingerprint density at radius 1 is 1.02 bits per heavy atom. The number of carbonyl (C=O) groups is 1. The maximum atomic E-state index is 13.7. The van der Waals surface area contributed by atoms with E-state index in [4.69, 9.17) is 11.6 Å². The van der Waals surface area contributed by atoms with Gasteiger partial charge in [-0.05, 0) is 73.9 Å². The number of hydrogen-bond acceptors (Lipinski definition) is 6. The SMILES string of the molecule is O=C(Nc1ccc(F)c(F)c1)c1ccc(Cl)c(S(=O)(=O)[C@H]2CC3CCC(C2)[C@]3(O)C(O)c2ccc(F)c[n+]2O)c1. The molecule has 2 aliphatic rings. The van der Waals surface area contributed by atoms with Gasteiger partial charge < -0.3 is 15.5 Å². The second-order valence-corrected chi connectivity index (χ2v) is 12.8. The van der Waals surface area contributed by atoms with Gasteiger partial charge in [0.25, 0.3) is 17.8 Å². The van der Waals surface area contributed by atoms with E-state index in [0.717, 1.165) is 42.6 Å². The molecule has 2 saturated carbocycles. The summed E-state index contributed by atoms with van der Waals surface area (Å²) in [7, 11) is -4.13. The molecule has 0 aliphatic heterocycles. The van der Waals surface area contributed by atoms with Gasteiger partial charge >= 0.3 is 0 Å². The van der Waals surface area contributed by atoms with Crippen LogP contribution in [0.2, 0.25) is 5.02 Å². The number of amides is 1. The van der Waals surface area contributed by atoms with Gasteiger partial charge in [0.2, 0.25) is 0 Å². The first-order valence-corrected chi connectivity index (χ1v) is 14.4. The van der Waals surface area contributed by atoms with Crippen molar-refractivity contribution >= 4 is 33.0 Å². The van der Waals surface area contributed by atoms with Crippen LogP contribution in [0.1, 0.15) is 47.8 Å². The zero-order valence-electron chi connectivity index (χ0n) is 20.8. The zero-order chi connectivity index (χ0) is 29.0. The van der Waals surface area contributed by atoms with Crippen molar-refractivity contribution < 1.29 is 46.5 Å². The van der Waals surface area contributed by atoms with Crippen LogP contribution in [-0.4, -0.2) is 40.6 Å². The van der Waals surface area contributed by atoms with Crippen molar-refractivity contribution in [3.05, 3.63) is 88.5 Å². The predicted molar refractivity (Wildman–Crippen MR) is 136 cm³/mol. The smallest absolute Gasteiger partial charge is 0.265 e. The maximum Gasteiger partial charge on any atom is 0.265 e. The Labute approximate surface area is 232 Å². The van der Waals surface area contributed by atoms with E-state index < -0.39 is 62.0 Å². The number of fused-ring (bicyclic) bond motifs is 2. The molecular weight excluding hydrogens is 573 g/mol. The Bertz CT molecular complexity index is 1590. The molecule has 3 unspecified atom stereocenters. The summed E-state index contributed by atoms with van der Waals surface area (Å²) in [6, 6.07) is 8.62. The fraction of sp³-hybridized carbons (Fsp3) is 0.333. The monoisotopic (exact) mass is 597 g/mol. The summed E-state index contributed by atoms with van der Waals surface area (Å²) < 4.78 is 68.1. The fourth-order valence-electron chi connectivity index (χ4n) is 5.99. The van der Waals surface area contributed by atoms with Gasteiger partial charge in [0.1, 0.15) is 5.60 Å². The predicted octanol–water partition coefficient (Wildman–Crippen LogP) is 3.96. The van der Waals surface area contributed by atoms with Gasteiger partial charge in [0, 0.05) is 28.1 Å². The van der Waals surface area contributed by atoms with E-state index in [1.54, 1.807) is 0 Å². The molecule has 3 atom stereocenters. The molecule has 3 aromatic rings. The van der Waals surface area contributed by atoms with Crippen molar-refractivity contribution in [2.75, 3.05) is 5.32 Å². The molecule has 1 aromatic heterocycles. The lowest BCUT2D eigenvalue weighted by atomic mass is 9.70. The lowest BCUT2D eigenvalue weighted by molar-refractivity contribution is -0.912. The van der Waals surface area contributed by atoms with E-state index in [-0.39, 0.29) is 39.7 Å². The molecule has 2 fully saturated rings. The van der Waals surface area contributed by atoms with E-state index >= 15 is 0 Å². The molecule has 40 heavy (non-hydrogen) atoms. The van der Waals surface area contributed by atoms with Gasteiger partial charge in [-0.15, -0.1) is 0 Å². The van der Waals surface area contributed by atoms with Gasteiger partial charge in [0.15, 0.2) is 33.4 Å². The lowest BCUT2D eigenvalue weighted by Crippen LogP contribution is -2.54. The Morgan fingerprint density at radius 2 is 1.70 bits per heavy atom. The minimum absolute atomic E-state index is 0.0272. The van der Waals surface area contributed by atoms with Crippen LogP contribution < -0.4 is 10.0 Å². The first kappa shape index (κ1) is 28.3. The standard InChI is InChI=1S/C27H24ClF3N2O6S/c28-20-6-1-14(26(35)32-18-5-7-21(30)22(31)12-18)9-24(20)40(38,39)19-10-15-2-3-16(11-19)27(15,36)25(34)23-8-4-17(29)13-33(23)37/h1,4-9,12-13,15-16,19,25,34,36H,2-3,10-11H2,(H-,32,35,37)/p+1/t15?,16?,19-,25?,27-. The number of benzene rings is 2. The van der Waals surface area contributed by atoms with Crippen molar-refractivity contribution in [3.8, 4) is 0 Å². The lowest BCUT2D eigenvalue weighted by Gasteiger charge is -2.44. The number of aliphatic hydroxyl groups excluding tert-OH is 1. The summed E-state index contributed by atoms with van der Waals surface area (Å²) in [6.45, 7) is 0. The van der Waals surface area contributed by atoms with Gasteiger partial charge in [-0.2, -0.15) is 0 Å². The van der Waals surface area contributed by atoms with Gasteiger partial charge in [0.05, 0.1) is 15.2 Å². The third-order valence-electron chi connectivity index (χ3n) is 8.02. The minimum atomic E-state index is -4.13. The molecule has 1 amide bonds. The quantitative estimate of drug-likeness (QED) is 0.252. The van der Waals surface area contributed by atoms with Crippen LogP contribution in [0.3, 0.4) is 0 Å². The molecule has 1 heterocycles. The number of nitrogens with one attached hydrogen (secondary N) is 1. The second-order valence-electron chi connectivity index (χ2n) is 10.2. The van der Waals surface area contributed by atoms with Crippen LogP contribution in [0.25, 0.3) is 0 Å². The Balaban J connectivity index is 1.39. The molecular formula is C27H25ClF3N2O6S+. The summed E-state index contributed by atoms with van der Waals surface area (Å²) in [6.07, 6.45) is -0.0762. The molecule has 2 bridgehead atoms. The highest BCUT2D eigenvalue weighted by atomic mass is 35.5. The summed E-state index contributed by atoms with van der Waals surface area (Å²) >= 11 is 6.26. The highest BCUT2D eigenvalue weighted by Crippen LogP contribution is 2.56. The average molecular weight is 598 g/mol. The van der Waals surface area contributed by atoms with E-state index in [1.807, 2.05) is 0 Å². The average Bonchev–Trinajstić information content (AvgIpc) is 3.06. The second kappa shape index (κ2) is 10.3. The third-order valence-corrected chi connectivity index (χ3v) is 10.7. The molecule has 0 radical (unpaired) electrons. The van der Waals surface area contributed by atoms with Crippen LogP contribution in [-0.2, 0) is 9.84 Å². The Kier molecular flexibility index (Phi) is 7.32. The van der Waals surface area contributed by atoms with Crippen LogP contribution in [0.5, 0.6) is 0 Å². The van der Waals surface area contributed by atoms with Crippen molar-refractivity contribution in [1.82, 2.24) is 0 Å². The largest absolute Gasteiger partial charge is 0.386 e. The Hall–Kier alpha value is -3.19. The van der Waals surface area contributed by atoms with Gasteiger partial charge in [-0.3, -0.25) is 10.0 Å². The van der Waals surface area contributed by atoms with E-state index in [0.29, 0.717) is 17.6 Å². The van der Waals surface area contributed by atoms with Crippen molar-refractivity contribution in [1.29, 1.82) is 0 Å². The third kappa shape index (κ3) is 4.83. The molecule has 0 saturated heterocycles. The Morgan fingerprint density at radius 3 is 2.33 bits per heavy atom. The van der Waals surface area contributed by atoms with Crippen LogP contribution in [0.15, 0.2) is 59.6 Å². The fourth-order valence-corrected chi connectivity index (χ4v) is 8.39. The van der Waals surface area contributed by atoms with E-state index in [2.05, 4.69) is 5.32 Å². The van der Waals surface area contributed by atoms with Crippen molar-refractivity contribution in [2.24, 2.45) is 11.8 Å². The molecule has 4 N–H and O–H groups in total. The topological polar surface area (TPSA) is 128 Å². The molecule has 2 aliphatic carbocycles. The maximum absolute atomic E-state index is 13.7. The molecule has 5 rings (SSSR count). The normalized spacial score (nSPS) is 25.0. The van der Waals surface area contributed by atoms with Crippen LogP contribution in [0.4, 0.5) is 18.9 Å². The molecule has 0 spiro atoms. The highest BCUT2D eigenvalue weighted by molar-refractivity contribution is 7.92. The summed E-state index contributed by atoms with van der Waals surface area (Å²) in [5.41, 5.74) is -2.01. The number of halogens is 4. The van der Waals surface area contributed by atoms with Gasteiger partial charge in [-0.1, -0.05) is 11.6 Å². The number of hydrogen-bond donors (Lipinski definition) is 4. The minimum Gasteiger partial charge on any atom is -0.386 e. The molecule has 8 nitrogen and oxygen atoms in total. The number of anilines is 1. The first-order chi connectivity index (χ1) is 18.8.